The van der Waals surface area contributed by atoms with Gasteiger partial charge in [-0.05, 0) is 18.9 Å². The van der Waals surface area contributed by atoms with Crippen LogP contribution in [0.5, 0.6) is 0 Å². The van der Waals surface area contributed by atoms with Crippen LogP contribution in [-0.4, -0.2) is 11.2 Å². The van der Waals surface area contributed by atoms with Crippen molar-refractivity contribution in [1.29, 1.82) is 0 Å². The number of aldehydes is 1. The average molecular weight is 272 g/mol. The number of rotatable bonds is 5. The molecule has 1 rings (SSSR count). The molecule has 0 fully saturated rings. The van der Waals surface area contributed by atoms with E-state index in [-0.39, 0.29) is 5.69 Å². The van der Waals surface area contributed by atoms with Gasteiger partial charge in [0.05, 0.1) is 4.92 Å². The fraction of sp³-hybridized carbons (Fsp3) is 0.300. The van der Waals surface area contributed by atoms with E-state index in [2.05, 4.69) is 15.9 Å². The van der Waals surface area contributed by atoms with Gasteiger partial charge in [-0.2, -0.15) is 0 Å². The zero-order chi connectivity index (χ0) is 11.3. The van der Waals surface area contributed by atoms with E-state index >= 15 is 0 Å². The van der Waals surface area contributed by atoms with Crippen LogP contribution >= 0.6 is 15.9 Å². The monoisotopic (exact) mass is 271 g/mol. The summed E-state index contributed by atoms with van der Waals surface area (Å²) >= 11 is 3.19. The van der Waals surface area contributed by atoms with E-state index < -0.39 is 4.92 Å². The van der Waals surface area contributed by atoms with Crippen molar-refractivity contribution in [3.8, 4) is 0 Å². The summed E-state index contributed by atoms with van der Waals surface area (Å²) in [6.07, 6.45) is 2.46. The summed E-state index contributed by atoms with van der Waals surface area (Å²) in [7, 11) is 0. The van der Waals surface area contributed by atoms with Gasteiger partial charge in [-0.25, -0.2) is 0 Å². The van der Waals surface area contributed by atoms with E-state index in [1.54, 1.807) is 12.1 Å². The highest BCUT2D eigenvalue weighted by Crippen LogP contribution is 2.24. The summed E-state index contributed by atoms with van der Waals surface area (Å²) in [4.78, 5) is 20.4. The number of hydrogen-bond donors (Lipinski definition) is 0. The number of halogens is 1. The first-order valence-corrected chi connectivity index (χ1v) is 5.31. The lowest BCUT2D eigenvalue weighted by molar-refractivity contribution is -0.385. The Morgan fingerprint density at radius 1 is 1.47 bits per heavy atom. The number of aryl methyl sites for hydroxylation is 1. The molecule has 0 amide bonds. The quantitative estimate of drug-likeness (QED) is 0.358. The fourth-order valence-corrected chi connectivity index (χ4v) is 1.64. The summed E-state index contributed by atoms with van der Waals surface area (Å²) in [5.74, 6) is 0. The Morgan fingerprint density at radius 2 is 2.20 bits per heavy atom. The van der Waals surface area contributed by atoms with E-state index in [1.807, 2.05) is 0 Å². The number of unbranched alkanes of at least 4 members (excludes halogenated alkanes) is 1. The molecule has 80 valence electrons. The fourth-order valence-electron chi connectivity index (χ4n) is 1.29. The molecule has 15 heavy (non-hydrogen) atoms. The molecule has 0 N–H and O–H groups in total. The molecule has 1 aromatic rings. The minimum atomic E-state index is -0.402. The second kappa shape index (κ2) is 5.60. The van der Waals surface area contributed by atoms with Crippen molar-refractivity contribution in [3.05, 3.63) is 38.3 Å². The van der Waals surface area contributed by atoms with Crippen LogP contribution in [0.3, 0.4) is 0 Å². The lowest BCUT2D eigenvalue weighted by Gasteiger charge is -2.01. The molecule has 4 nitrogen and oxygen atoms in total. The van der Waals surface area contributed by atoms with Gasteiger partial charge < -0.3 is 4.79 Å². The highest BCUT2D eigenvalue weighted by atomic mass is 79.9. The molecule has 0 unspecified atom stereocenters. The van der Waals surface area contributed by atoms with Crippen molar-refractivity contribution in [2.45, 2.75) is 19.3 Å². The van der Waals surface area contributed by atoms with Gasteiger partial charge in [0.1, 0.15) is 6.29 Å². The maximum absolute atomic E-state index is 10.7. The summed E-state index contributed by atoms with van der Waals surface area (Å²) in [5, 5.41) is 10.7. The summed E-state index contributed by atoms with van der Waals surface area (Å²) in [6, 6.07) is 4.96. The van der Waals surface area contributed by atoms with Gasteiger partial charge in [0.2, 0.25) is 0 Å². The largest absolute Gasteiger partial charge is 0.303 e. The van der Waals surface area contributed by atoms with Crippen LogP contribution in [0.2, 0.25) is 0 Å². The molecule has 0 radical (unpaired) electrons. The van der Waals surface area contributed by atoms with Crippen molar-refractivity contribution in [1.82, 2.24) is 0 Å². The van der Waals surface area contributed by atoms with E-state index in [0.717, 1.165) is 6.29 Å². The van der Waals surface area contributed by atoms with Crippen molar-refractivity contribution >= 4 is 27.9 Å². The summed E-state index contributed by atoms with van der Waals surface area (Å²) < 4.78 is 0.688. The molecular weight excluding hydrogens is 262 g/mol. The number of nitro groups is 1. The predicted molar refractivity (Wildman–Crippen MR) is 59.8 cm³/mol. The molecule has 0 aliphatic rings. The Morgan fingerprint density at radius 3 is 2.80 bits per heavy atom. The van der Waals surface area contributed by atoms with Gasteiger partial charge >= 0.3 is 0 Å². The first-order chi connectivity index (χ1) is 7.15. The minimum absolute atomic E-state index is 0.107. The number of hydrogen-bond acceptors (Lipinski definition) is 3. The summed E-state index contributed by atoms with van der Waals surface area (Å²) in [6.45, 7) is 0. The minimum Gasteiger partial charge on any atom is -0.303 e. The van der Waals surface area contributed by atoms with E-state index in [0.29, 0.717) is 29.3 Å². The van der Waals surface area contributed by atoms with Crippen molar-refractivity contribution < 1.29 is 9.72 Å². The third-order valence-corrected chi connectivity index (χ3v) is 2.51. The maximum atomic E-state index is 10.7. The Balaban J connectivity index is 2.85. The standard InChI is InChI=1S/C10H10BrNO3/c11-9-5-4-8(3-1-2-6-13)10(7-9)12(14)15/h4-7H,1-3H2. The van der Waals surface area contributed by atoms with Crippen molar-refractivity contribution in [2.24, 2.45) is 0 Å². The molecule has 1 aromatic carbocycles. The average Bonchev–Trinajstić information content (AvgIpc) is 2.20. The van der Waals surface area contributed by atoms with Crippen LogP contribution in [0.1, 0.15) is 18.4 Å². The number of carbonyl (C=O) groups is 1. The maximum Gasteiger partial charge on any atom is 0.273 e. The normalized spacial score (nSPS) is 9.93. The van der Waals surface area contributed by atoms with Crippen LogP contribution < -0.4 is 0 Å². The van der Waals surface area contributed by atoms with Gasteiger partial charge in [-0.1, -0.05) is 22.0 Å². The Kier molecular flexibility index (Phi) is 4.42. The van der Waals surface area contributed by atoms with Crippen LogP contribution in [-0.2, 0) is 11.2 Å². The number of nitro benzene ring substituents is 1. The molecule has 0 atom stereocenters. The first kappa shape index (κ1) is 11.8. The first-order valence-electron chi connectivity index (χ1n) is 4.51. The Hall–Kier alpha value is -1.23. The molecule has 0 bridgehead atoms. The van der Waals surface area contributed by atoms with E-state index in [1.165, 1.54) is 6.07 Å². The summed E-state index contributed by atoms with van der Waals surface area (Å²) in [5.41, 5.74) is 0.778. The highest BCUT2D eigenvalue weighted by Gasteiger charge is 2.13. The number of nitrogens with zero attached hydrogens (tertiary/aromatic N) is 1. The van der Waals surface area contributed by atoms with Crippen molar-refractivity contribution in [2.75, 3.05) is 0 Å². The smallest absolute Gasteiger partial charge is 0.273 e. The zero-order valence-electron chi connectivity index (χ0n) is 7.98. The third-order valence-electron chi connectivity index (χ3n) is 2.01. The van der Waals surface area contributed by atoms with Crippen LogP contribution in [0.15, 0.2) is 22.7 Å². The Bertz CT molecular complexity index is 379. The number of carbonyl (C=O) groups excluding carboxylic acids is 1. The van der Waals surface area contributed by atoms with Crippen LogP contribution in [0.4, 0.5) is 5.69 Å². The molecule has 0 saturated heterocycles. The van der Waals surface area contributed by atoms with Crippen molar-refractivity contribution in [3.63, 3.8) is 0 Å². The molecule has 0 spiro atoms. The van der Waals surface area contributed by atoms with Gasteiger partial charge in [-0.3, -0.25) is 10.1 Å². The third kappa shape index (κ3) is 3.43. The second-order valence-electron chi connectivity index (χ2n) is 3.09. The zero-order valence-corrected chi connectivity index (χ0v) is 9.57. The highest BCUT2D eigenvalue weighted by molar-refractivity contribution is 9.10. The van der Waals surface area contributed by atoms with Gasteiger partial charge in [-0.15, -0.1) is 0 Å². The van der Waals surface area contributed by atoms with Crippen LogP contribution in [0, 0.1) is 10.1 Å². The number of benzene rings is 1. The second-order valence-corrected chi connectivity index (χ2v) is 4.00. The Labute approximate surface area is 95.6 Å². The van der Waals surface area contributed by atoms with Crippen LogP contribution in [0.25, 0.3) is 0 Å². The molecule has 0 aliphatic heterocycles. The molecule has 0 saturated carbocycles. The molecule has 0 aliphatic carbocycles. The molecule has 0 aromatic heterocycles. The predicted octanol–water partition coefficient (Wildman–Crippen LogP) is 2.88. The lowest BCUT2D eigenvalue weighted by atomic mass is 10.1. The van der Waals surface area contributed by atoms with Gasteiger partial charge in [0, 0.05) is 22.5 Å². The van der Waals surface area contributed by atoms with Gasteiger partial charge in [0.15, 0.2) is 0 Å². The van der Waals surface area contributed by atoms with E-state index in [9.17, 15) is 14.9 Å². The van der Waals surface area contributed by atoms with E-state index in [4.69, 9.17) is 0 Å². The SMILES string of the molecule is O=CCCCc1ccc(Br)cc1[N+](=O)[O-]. The lowest BCUT2D eigenvalue weighted by Crippen LogP contribution is -1.96. The topological polar surface area (TPSA) is 60.2 Å². The molecule has 5 heteroatoms. The molecular formula is C10H10BrNO3. The molecule has 0 heterocycles. The van der Waals surface area contributed by atoms with Gasteiger partial charge in [0.25, 0.3) is 5.69 Å².